The van der Waals surface area contributed by atoms with Gasteiger partial charge in [-0.05, 0) is 66.8 Å². The van der Waals surface area contributed by atoms with Crippen LogP contribution in [0.2, 0.25) is 0 Å². The number of carbonyl (C=O) groups is 3. The summed E-state index contributed by atoms with van der Waals surface area (Å²) in [4.78, 5) is 38.7. The van der Waals surface area contributed by atoms with Crippen LogP contribution in [-0.2, 0) is 17.1 Å². The fourth-order valence-corrected chi connectivity index (χ4v) is 5.16. The van der Waals surface area contributed by atoms with Gasteiger partial charge in [0.2, 0.25) is 0 Å². The summed E-state index contributed by atoms with van der Waals surface area (Å²) >= 11 is 0. The molecule has 1 aliphatic rings. The molecule has 0 aromatic heterocycles. The molecule has 0 bridgehead atoms. The number of hydrogen-bond acceptors (Lipinski definition) is 3. The Balaban J connectivity index is 1.67. The van der Waals surface area contributed by atoms with Crippen LogP contribution in [0.15, 0.2) is 54.6 Å². The third kappa shape index (κ3) is 6.77. The zero-order valence-electron chi connectivity index (χ0n) is 22.2. The second kappa shape index (κ2) is 11.5. The largest absolute Gasteiger partial charge is 0.480 e. The number of amides is 3. The molecule has 1 saturated carbocycles. The number of hydrogen-bond donors (Lipinski definition) is 4. The van der Waals surface area contributed by atoms with Gasteiger partial charge in [0.05, 0.1) is 22.4 Å². The van der Waals surface area contributed by atoms with Crippen molar-refractivity contribution in [3.63, 3.8) is 0 Å². The van der Waals surface area contributed by atoms with Crippen LogP contribution in [0.25, 0.3) is 10.8 Å². The number of rotatable bonds is 6. The molecule has 0 heterocycles. The highest BCUT2D eigenvalue weighted by molar-refractivity contribution is 6.10. The van der Waals surface area contributed by atoms with Crippen molar-refractivity contribution in [1.29, 1.82) is 0 Å². The maximum Gasteiger partial charge on any atom is 0.416 e. The normalized spacial score (nSPS) is 16.0. The molecule has 3 aromatic rings. The van der Waals surface area contributed by atoms with Crippen LogP contribution in [0.5, 0.6) is 0 Å². The minimum absolute atomic E-state index is 0.0688. The molecule has 42 heavy (non-hydrogen) atoms. The molecule has 7 nitrogen and oxygen atoms in total. The van der Waals surface area contributed by atoms with Crippen LogP contribution < -0.4 is 16.0 Å². The highest BCUT2D eigenvalue weighted by Crippen LogP contribution is 2.38. The lowest BCUT2D eigenvalue weighted by atomic mass is 9.75. The van der Waals surface area contributed by atoms with Crippen LogP contribution in [0.4, 0.5) is 42.5 Å². The van der Waals surface area contributed by atoms with Gasteiger partial charge in [-0.15, -0.1) is 0 Å². The van der Waals surface area contributed by atoms with Crippen LogP contribution in [-0.4, -0.2) is 28.6 Å². The zero-order valence-corrected chi connectivity index (χ0v) is 22.2. The number of carboxylic acid groups (broad SMARTS) is 1. The summed E-state index contributed by atoms with van der Waals surface area (Å²) in [6.45, 7) is 1.41. The first-order valence-electron chi connectivity index (χ1n) is 13.0. The lowest BCUT2D eigenvalue weighted by Gasteiger charge is -2.37. The van der Waals surface area contributed by atoms with Crippen molar-refractivity contribution >= 4 is 40.1 Å². The second-order valence-corrected chi connectivity index (χ2v) is 10.4. The Kier molecular flexibility index (Phi) is 8.42. The van der Waals surface area contributed by atoms with Crippen molar-refractivity contribution in [2.45, 2.75) is 56.9 Å². The van der Waals surface area contributed by atoms with E-state index >= 15 is 0 Å². The van der Waals surface area contributed by atoms with E-state index in [2.05, 4.69) is 10.6 Å². The van der Waals surface area contributed by atoms with Crippen LogP contribution >= 0.6 is 0 Å². The number of fused-ring (bicyclic) bond motifs is 1. The number of nitrogens with one attached hydrogen (secondary N) is 3. The maximum atomic E-state index is 13.5. The van der Waals surface area contributed by atoms with Gasteiger partial charge in [0.15, 0.2) is 0 Å². The van der Waals surface area contributed by atoms with Crippen molar-refractivity contribution in [1.82, 2.24) is 5.32 Å². The molecule has 1 atom stereocenters. The van der Waals surface area contributed by atoms with Gasteiger partial charge in [0, 0.05) is 5.69 Å². The van der Waals surface area contributed by atoms with Gasteiger partial charge in [-0.1, -0.05) is 43.5 Å². The molecule has 4 N–H and O–H groups in total. The van der Waals surface area contributed by atoms with Gasteiger partial charge >= 0.3 is 24.4 Å². The molecular formula is C29H27F6N3O4. The van der Waals surface area contributed by atoms with E-state index in [4.69, 9.17) is 0 Å². The summed E-state index contributed by atoms with van der Waals surface area (Å²) in [5, 5.41) is 18.0. The SMILES string of the molecule is C[C@@](NC(=O)c1cc2ccccc2cc1NC(=O)Nc1cc(C(F)(F)F)cc(C(F)(F)F)c1)(C(=O)O)C1CCCCC1. The molecule has 13 heteroatoms. The predicted molar refractivity (Wildman–Crippen MR) is 143 cm³/mol. The number of halogens is 6. The average Bonchev–Trinajstić information content (AvgIpc) is 2.91. The van der Waals surface area contributed by atoms with E-state index in [1.165, 1.54) is 19.1 Å². The van der Waals surface area contributed by atoms with E-state index in [0.717, 1.165) is 19.3 Å². The molecule has 0 radical (unpaired) electrons. The van der Waals surface area contributed by atoms with E-state index in [0.29, 0.717) is 35.7 Å². The molecule has 0 saturated heterocycles. The van der Waals surface area contributed by atoms with E-state index in [9.17, 15) is 45.8 Å². The minimum Gasteiger partial charge on any atom is -0.480 e. The molecule has 1 fully saturated rings. The standard InChI is InChI=1S/C29H27F6N3O4/c1-27(25(40)41,18-9-3-2-4-10-18)38-24(39)22-11-16-7-5-6-8-17(16)12-23(22)37-26(42)36-21-14-19(28(30,31)32)13-20(15-21)29(33,34)35/h5-8,11-15,18H,2-4,9-10H2,1H3,(H,38,39)(H,40,41)(H2,36,37,42)/t27-/m0/s1. The minimum atomic E-state index is -5.12. The average molecular weight is 596 g/mol. The maximum absolute atomic E-state index is 13.5. The molecule has 1 aliphatic carbocycles. The summed E-state index contributed by atoms with van der Waals surface area (Å²) in [6, 6.07) is 8.93. The number of anilines is 2. The molecule has 4 rings (SSSR count). The molecule has 3 amide bonds. The Hall–Kier alpha value is -4.29. The summed E-state index contributed by atoms with van der Waals surface area (Å²) in [6.07, 6.45) is -6.50. The van der Waals surface area contributed by atoms with Gasteiger partial charge in [-0.3, -0.25) is 4.79 Å². The Morgan fingerprint density at radius 2 is 1.33 bits per heavy atom. The Labute approximate surface area is 236 Å². The van der Waals surface area contributed by atoms with Gasteiger partial charge in [-0.2, -0.15) is 26.3 Å². The Morgan fingerprint density at radius 1 is 0.786 bits per heavy atom. The zero-order chi connectivity index (χ0) is 30.9. The second-order valence-electron chi connectivity index (χ2n) is 10.4. The number of alkyl halides is 6. The van der Waals surface area contributed by atoms with Crippen LogP contribution in [0.3, 0.4) is 0 Å². The predicted octanol–water partition coefficient (Wildman–Crippen LogP) is 7.67. The molecule has 224 valence electrons. The van der Waals surface area contributed by atoms with Crippen LogP contribution in [0, 0.1) is 5.92 Å². The first kappa shape index (κ1) is 30.7. The van der Waals surface area contributed by atoms with E-state index in [1.807, 2.05) is 5.32 Å². The number of aliphatic carboxylic acids is 1. The number of carboxylic acids is 1. The lowest BCUT2D eigenvalue weighted by Crippen LogP contribution is -2.57. The highest BCUT2D eigenvalue weighted by Gasteiger charge is 2.43. The van der Waals surface area contributed by atoms with Crippen LogP contribution in [0.1, 0.15) is 60.5 Å². The fraction of sp³-hybridized carbons (Fsp3) is 0.345. The van der Waals surface area contributed by atoms with Gasteiger partial charge in [0.1, 0.15) is 5.54 Å². The van der Waals surface area contributed by atoms with Gasteiger partial charge in [-0.25, -0.2) is 9.59 Å². The highest BCUT2D eigenvalue weighted by atomic mass is 19.4. The number of urea groups is 1. The fourth-order valence-electron chi connectivity index (χ4n) is 5.16. The quantitative estimate of drug-likeness (QED) is 0.219. The van der Waals surface area contributed by atoms with E-state index < -0.39 is 52.6 Å². The topological polar surface area (TPSA) is 108 Å². The smallest absolute Gasteiger partial charge is 0.416 e. The Morgan fingerprint density at radius 3 is 1.86 bits per heavy atom. The Bertz CT molecular complexity index is 1480. The molecule has 0 spiro atoms. The molecular weight excluding hydrogens is 568 g/mol. The monoisotopic (exact) mass is 595 g/mol. The summed E-state index contributed by atoms with van der Waals surface area (Å²) < 4.78 is 79.5. The van der Waals surface area contributed by atoms with E-state index in [-0.39, 0.29) is 23.2 Å². The number of benzene rings is 3. The van der Waals surface area contributed by atoms with Crippen molar-refractivity contribution in [2.75, 3.05) is 10.6 Å². The summed E-state index contributed by atoms with van der Waals surface area (Å²) in [5.74, 6) is -2.41. The van der Waals surface area contributed by atoms with Crippen molar-refractivity contribution in [3.05, 3.63) is 71.3 Å². The summed E-state index contributed by atoms with van der Waals surface area (Å²) in [7, 11) is 0. The molecule has 0 unspecified atom stereocenters. The van der Waals surface area contributed by atoms with E-state index in [1.54, 1.807) is 24.3 Å². The van der Waals surface area contributed by atoms with Crippen molar-refractivity contribution in [2.24, 2.45) is 5.92 Å². The third-order valence-corrected chi connectivity index (χ3v) is 7.46. The van der Waals surface area contributed by atoms with Gasteiger partial charge < -0.3 is 21.1 Å². The first-order chi connectivity index (χ1) is 19.6. The van der Waals surface area contributed by atoms with Crippen molar-refractivity contribution in [3.8, 4) is 0 Å². The molecule has 0 aliphatic heterocycles. The number of carbonyl (C=O) groups excluding carboxylic acids is 2. The van der Waals surface area contributed by atoms with Crippen molar-refractivity contribution < 1.29 is 45.8 Å². The third-order valence-electron chi connectivity index (χ3n) is 7.46. The first-order valence-corrected chi connectivity index (χ1v) is 13.0. The lowest BCUT2D eigenvalue weighted by molar-refractivity contribution is -0.147. The molecule has 3 aromatic carbocycles. The summed E-state index contributed by atoms with van der Waals surface area (Å²) in [5.41, 5.74) is -5.93. The van der Waals surface area contributed by atoms with Gasteiger partial charge in [0.25, 0.3) is 5.91 Å².